The molecule has 1 fully saturated rings. The van der Waals surface area contributed by atoms with Gasteiger partial charge in [-0.05, 0) is 26.4 Å². The highest BCUT2D eigenvalue weighted by molar-refractivity contribution is 7.80. The van der Waals surface area contributed by atoms with E-state index in [2.05, 4.69) is 17.1 Å². The van der Waals surface area contributed by atoms with Gasteiger partial charge in [-0.15, -0.1) is 0 Å². The molecule has 0 aromatic heterocycles. The van der Waals surface area contributed by atoms with E-state index in [0.29, 0.717) is 32.6 Å². The fourth-order valence-corrected chi connectivity index (χ4v) is 2.29. The van der Waals surface area contributed by atoms with Gasteiger partial charge in [-0.2, -0.15) is 0 Å². The number of nitrogens with zero attached hydrogens (tertiary/aromatic N) is 1. The monoisotopic (exact) mass is 273 g/mol. The van der Waals surface area contributed by atoms with E-state index in [9.17, 15) is 4.79 Å². The summed E-state index contributed by atoms with van der Waals surface area (Å²) in [6, 6.07) is 0. The third-order valence-electron chi connectivity index (χ3n) is 3.57. The van der Waals surface area contributed by atoms with Gasteiger partial charge >= 0.3 is 0 Å². The maximum absolute atomic E-state index is 12.3. The lowest BCUT2D eigenvalue weighted by atomic mass is 9.79. The van der Waals surface area contributed by atoms with Crippen molar-refractivity contribution in [2.45, 2.75) is 19.8 Å². The Kier molecular flexibility index (Phi) is 5.98. The minimum atomic E-state index is -0.710. The molecule has 0 saturated carbocycles. The first-order chi connectivity index (χ1) is 8.53. The molecule has 18 heavy (non-hydrogen) atoms. The summed E-state index contributed by atoms with van der Waals surface area (Å²) in [6.45, 7) is 5.57. The number of nitrogens with two attached hydrogens (primary N) is 1. The summed E-state index contributed by atoms with van der Waals surface area (Å²) in [7, 11) is 2.02. The molecule has 1 aliphatic rings. The topological polar surface area (TPSA) is 67.6 Å². The number of likely N-dealkylation sites (N-methyl/N-ethyl adjacent to an activating group) is 1. The first kappa shape index (κ1) is 15.3. The molecule has 0 aromatic rings. The van der Waals surface area contributed by atoms with Crippen LogP contribution in [0.1, 0.15) is 19.8 Å². The third kappa shape index (κ3) is 3.63. The van der Waals surface area contributed by atoms with Crippen molar-refractivity contribution in [2.75, 3.05) is 39.9 Å². The molecule has 1 amide bonds. The predicted octanol–water partition coefficient (Wildman–Crippen LogP) is 0.137. The van der Waals surface area contributed by atoms with Crippen LogP contribution in [0.5, 0.6) is 0 Å². The van der Waals surface area contributed by atoms with Gasteiger partial charge in [0, 0.05) is 26.3 Å². The molecule has 1 heterocycles. The zero-order chi connectivity index (χ0) is 13.6. The van der Waals surface area contributed by atoms with Crippen molar-refractivity contribution in [1.82, 2.24) is 10.2 Å². The number of thiocarbonyl (C=S) groups is 1. The van der Waals surface area contributed by atoms with E-state index in [1.54, 1.807) is 0 Å². The van der Waals surface area contributed by atoms with Crippen LogP contribution in [0.25, 0.3) is 0 Å². The number of carbonyl (C=O) groups excluding carboxylic acids is 1. The third-order valence-corrected chi connectivity index (χ3v) is 3.96. The molecule has 0 aliphatic carbocycles. The Balaban J connectivity index is 2.53. The molecule has 0 aromatic carbocycles. The number of nitrogens with one attached hydrogen (secondary N) is 1. The van der Waals surface area contributed by atoms with Crippen LogP contribution in [0.4, 0.5) is 0 Å². The zero-order valence-corrected chi connectivity index (χ0v) is 12.0. The van der Waals surface area contributed by atoms with E-state index in [0.717, 1.165) is 13.1 Å². The molecule has 1 aliphatic heterocycles. The lowest BCUT2D eigenvalue weighted by molar-refractivity contribution is -0.131. The molecule has 0 unspecified atom stereocenters. The molecule has 0 atom stereocenters. The summed E-state index contributed by atoms with van der Waals surface area (Å²) in [5.41, 5.74) is 5.06. The molecule has 104 valence electrons. The van der Waals surface area contributed by atoms with Crippen molar-refractivity contribution in [3.05, 3.63) is 0 Å². The summed E-state index contributed by atoms with van der Waals surface area (Å²) in [4.78, 5) is 14.7. The van der Waals surface area contributed by atoms with Crippen molar-refractivity contribution in [1.29, 1.82) is 0 Å². The van der Waals surface area contributed by atoms with Gasteiger partial charge in [0.2, 0.25) is 5.91 Å². The van der Waals surface area contributed by atoms with Crippen LogP contribution in [0.15, 0.2) is 0 Å². The lowest BCUT2D eigenvalue weighted by Crippen LogP contribution is -2.52. The van der Waals surface area contributed by atoms with Crippen LogP contribution in [-0.2, 0) is 9.53 Å². The van der Waals surface area contributed by atoms with E-state index >= 15 is 0 Å². The van der Waals surface area contributed by atoms with Gasteiger partial charge in [-0.1, -0.05) is 19.1 Å². The maximum atomic E-state index is 12.3. The van der Waals surface area contributed by atoms with Crippen molar-refractivity contribution in [2.24, 2.45) is 11.1 Å². The highest BCUT2D eigenvalue weighted by Gasteiger charge is 2.42. The fourth-order valence-electron chi connectivity index (χ4n) is 1.99. The zero-order valence-electron chi connectivity index (χ0n) is 11.2. The Hall–Kier alpha value is -0.720. The first-order valence-electron chi connectivity index (χ1n) is 6.37. The summed E-state index contributed by atoms with van der Waals surface area (Å²) < 4.78 is 5.28. The molecule has 5 nitrogen and oxygen atoms in total. The Labute approximate surface area is 114 Å². The molecule has 6 heteroatoms. The fraction of sp³-hybridized carbons (Fsp3) is 0.833. The number of hydrogen-bond donors (Lipinski definition) is 2. The molecular formula is C12H23N3O2S. The van der Waals surface area contributed by atoms with Gasteiger partial charge < -0.3 is 20.7 Å². The van der Waals surface area contributed by atoms with Crippen LogP contribution >= 0.6 is 12.2 Å². The lowest BCUT2D eigenvalue weighted by Gasteiger charge is -2.34. The number of ether oxygens (including phenoxy) is 1. The highest BCUT2D eigenvalue weighted by atomic mass is 32.1. The molecule has 0 bridgehead atoms. The minimum Gasteiger partial charge on any atom is -0.392 e. The Morgan fingerprint density at radius 2 is 2.11 bits per heavy atom. The average molecular weight is 273 g/mol. The van der Waals surface area contributed by atoms with E-state index in [-0.39, 0.29) is 10.9 Å². The summed E-state index contributed by atoms with van der Waals surface area (Å²) in [5, 5.41) is 2.94. The second-order valence-electron chi connectivity index (χ2n) is 4.71. The van der Waals surface area contributed by atoms with E-state index in [1.807, 2.05) is 7.05 Å². The van der Waals surface area contributed by atoms with Crippen LogP contribution < -0.4 is 11.1 Å². The van der Waals surface area contributed by atoms with Crippen LogP contribution in [0.3, 0.4) is 0 Å². The molecular weight excluding hydrogens is 250 g/mol. The predicted molar refractivity (Wildman–Crippen MR) is 75.5 cm³/mol. The van der Waals surface area contributed by atoms with Gasteiger partial charge in [0.05, 0.1) is 4.99 Å². The first-order valence-corrected chi connectivity index (χ1v) is 6.78. The van der Waals surface area contributed by atoms with E-state index in [1.165, 1.54) is 0 Å². The van der Waals surface area contributed by atoms with Crippen molar-refractivity contribution >= 4 is 23.1 Å². The summed E-state index contributed by atoms with van der Waals surface area (Å²) in [5.74, 6) is -0.0530. The Morgan fingerprint density at radius 1 is 1.50 bits per heavy atom. The number of rotatable bonds is 6. The van der Waals surface area contributed by atoms with Gasteiger partial charge in [-0.25, -0.2) is 0 Å². The smallest absolute Gasteiger partial charge is 0.233 e. The largest absolute Gasteiger partial charge is 0.392 e. The standard InChI is InChI=1S/C12H23N3O2S/c1-3-15(2)7-6-14-11(16)12(10(13)18)4-8-17-9-5-12/h3-9H2,1-2H3,(H2,13,18)(H,14,16). The van der Waals surface area contributed by atoms with Gasteiger partial charge in [0.1, 0.15) is 5.41 Å². The van der Waals surface area contributed by atoms with Crippen LogP contribution in [-0.4, -0.2) is 55.7 Å². The SMILES string of the molecule is CCN(C)CCNC(=O)C1(C(N)=S)CCOCC1. The second kappa shape index (κ2) is 7.01. The number of hydrogen-bond acceptors (Lipinski definition) is 4. The summed E-state index contributed by atoms with van der Waals surface area (Å²) >= 11 is 5.08. The van der Waals surface area contributed by atoms with Gasteiger partial charge in [-0.3, -0.25) is 4.79 Å². The molecule has 0 radical (unpaired) electrons. The molecule has 1 rings (SSSR count). The molecule has 3 N–H and O–H groups in total. The Morgan fingerprint density at radius 3 is 2.61 bits per heavy atom. The van der Waals surface area contributed by atoms with Gasteiger partial charge in [0.25, 0.3) is 0 Å². The van der Waals surface area contributed by atoms with E-state index < -0.39 is 5.41 Å². The summed E-state index contributed by atoms with van der Waals surface area (Å²) in [6.07, 6.45) is 1.16. The molecule has 1 saturated heterocycles. The van der Waals surface area contributed by atoms with Crippen LogP contribution in [0.2, 0.25) is 0 Å². The van der Waals surface area contributed by atoms with Gasteiger partial charge in [0.15, 0.2) is 0 Å². The highest BCUT2D eigenvalue weighted by Crippen LogP contribution is 2.31. The molecule has 0 spiro atoms. The van der Waals surface area contributed by atoms with Crippen molar-refractivity contribution in [3.63, 3.8) is 0 Å². The second-order valence-corrected chi connectivity index (χ2v) is 5.15. The quantitative estimate of drug-likeness (QED) is 0.674. The minimum absolute atomic E-state index is 0.0530. The number of carbonyl (C=O) groups is 1. The Bertz CT molecular complexity index is 304. The van der Waals surface area contributed by atoms with Crippen molar-refractivity contribution in [3.8, 4) is 0 Å². The maximum Gasteiger partial charge on any atom is 0.233 e. The van der Waals surface area contributed by atoms with Crippen LogP contribution in [0, 0.1) is 5.41 Å². The number of amides is 1. The normalized spacial score (nSPS) is 18.6. The van der Waals surface area contributed by atoms with Crippen molar-refractivity contribution < 1.29 is 9.53 Å². The average Bonchev–Trinajstić information content (AvgIpc) is 2.38. The van der Waals surface area contributed by atoms with E-state index in [4.69, 9.17) is 22.7 Å².